The topological polar surface area (TPSA) is 55.2 Å². The molecule has 1 heterocycles. The van der Waals surface area contributed by atoms with Crippen LogP contribution >= 0.6 is 23.3 Å². The van der Waals surface area contributed by atoms with Crippen LogP contribution in [0.25, 0.3) is 22.2 Å². The number of alkyl halides is 1. The quantitative estimate of drug-likeness (QED) is 0.269. The van der Waals surface area contributed by atoms with Gasteiger partial charge in [-0.15, -0.1) is 11.6 Å². The van der Waals surface area contributed by atoms with Gasteiger partial charge in [-0.25, -0.2) is 0 Å². The van der Waals surface area contributed by atoms with Crippen LogP contribution in [0.3, 0.4) is 0 Å². The predicted molar refractivity (Wildman–Crippen MR) is 124 cm³/mol. The SMILES string of the molecule is CCC(=C(c1ccc(O)cc1)c1ccc(OCCCl)cc1)c1ccc2nsnc2c1. The van der Waals surface area contributed by atoms with Crippen LogP contribution < -0.4 is 4.74 Å². The Hall–Kier alpha value is -2.89. The number of halogens is 1. The van der Waals surface area contributed by atoms with Gasteiger partial charge in [0.15, 0.2) is 0 Å². The third kappa shape index (κ3) is 4.32. The van der Waals surface area contributed by atoms with E-state index in [4.69, 9.17) is 16.3 Å². The van der Waals surface area contributed by atoms with Gasteiger partial charge in [0.2, 0.25) is 0 Å². The van der Waals surface area contributed by atoms with Crippen molar-refractivity contribution < 1.29 is 9.84 Å². The van der Waals surface area contributed by atoms with Crippen LogP contribution in [0.2, 0.25) is 0 Å². The lowest BCUT2D eigenvalue weighted by atomic mass is 9.88. The Balaban J connectivity index is 1.87. The van der Waals surface area contributed by atoms with Crippen molar-refractivity contribution in [1.29, 1.82) is 0 Å². The highest BCUT2D eigenvalue weighted by Crippen LogP contribution is 2.36. The first-order valence-corrected chi connectivity index (χ1v) is 11.0. The molecule has 152 valence electrons. The van der Waals surface area contributed by atoms with E-state index < -0.39 is 0 Å². The van der Waals surface area contributed by atoms with Gasteiger partial charge in [0.25, 0.3) is 0 Å². The van der Waals surface area contributed by atoms with Crippen molar-refractivity contribution in [2.75, 3.05) is 12.5 Å². The summed E-state index contributed by atoms with van der Waals surface area (Å²) in [7, 11) is 0. The minimum atomic E-state index is 0.246. The predicted octanol–water partition coefficient (Wildman–Crippen LogP) is 6.38. The highest BCUT2D eigenvalue weighted by atomic mass is 35.5. The summed E-state index contributed by atoms with van der Waals surface area (Å²) in [5.41, 5.74) is 7.35. The molecule has 0 aliphatic rings. The summed E-state index contributed by atoms with van der Waals surface area (Å²) in [4.78, 5) is 0. The van der Waals surface area contributed by atoms with Gasteiger partial charge in [-0.2, -0.15) is 8.75 Å². The largest absolute Gasteiger partial charge is 0.508 e. The number of ether oxygens (including phenoxy) is 1. The molecule has 0 radical (unpaired) electrons. The zero-order valence-corrected chi connectivity index (χ0v) is 18.1. The number of benzene rings is 3. The van der Waals surface area contributed by atoms with Gasteiger partial charge in [-0.3, -0.25) is 0 Å². The van der Waals surface area contributed by atoms with E-state index in [1.54, 1.807) is 12.1 Å². The van der Waals surface area contributed by atoms with Crippen LogP contribution in [0.4, 0.5) is 0 Å². The van der Waals surface area contributed by atoms with E-state index in [2.05, 4.69) is 39.9 Å². The maximum atomic E-state index is 9.78. The van der Waals surface area contributed by atoms with Gasteiger partial charge in [0.1, 0.15) is 29.1 Å². The molecule has 30 heavy (non-hydrogen) atoms. The number of phenolic OH excluding ortho intramolecular Hbond substituents is 1. The average Bonchev–Trinajstić information content (AvgIpc) is 3.25. The summed E-state index contributed by atoms with van der Waals surface area (Å²) >= 11 is 6.95. The van der Waals surface area contributed by atoms with Crippen LogP contribution in [0.5, 0.6) is 11.5 Å². The molecule has 4 aromatic rings. The van der Waals surface area contributed by atoms with E-state index in [1.807, 2.05) is 30.3 Å². The van der Waals surface area contributed by atoms with Gasteiger partial charge in [0.05, 0.1) is 17.6 Å². The molecule has 0 fully saturated rings. The Kier molecular flexibility index (Phi) is 6.31. The Labute approximate surface area is 184 Å². The average molecular weight is 437 g/mol. The second kappa shape index (κ2) is 9.28. The molecule has 0 spiro atoms. The molecule has 0 aliphatic carbocycles. The third-order valence-corrected chi connectivity index (χ3v) is 5.61. The number of fused-ring (bicyclic) bond motifs is 1. The number of hydrogen-bond donors (Lipinski definition) is 1. The minimum Gasteiger partial charge on any atom is -0.508 e. The summed E-state index contributed by atoms with van der Waals surface area (Å²) < 4.78 is 14.3. The van der Waals surface area contributed by atoms with Crippen molar-refractivity contribution >= 4 is 45.5 Å². The van der Waals surface area contributed by atoms with Crippen molar-refractivity contribution in [3.63, 3.8) is 0 Å². The lowest BCUT2D eigenvalue weighted by Crippen LogP contribution is -1.99. The minimum absolute atomic E-state index is 0.246. The number of rotatable bonds is 7. The van der Waals surface area contributed by atoms with Crippen LogP contribution in [0, 0.1) is 0 Å². The second-order valence-electron chi connectivity index (χ2n) is 6.78. The molecule has 4 nitrogen and oxygen atoms in total. The first-order valence-electron chi connectivity index (χ1n) is 9.74. The fourth-order valence-corrected chi connectivity index (χ4v) is 4.11. The standard InChI is InChI=1S/C24H21ClN2O2S/c1-2-21(18-7-12-22-23(15-18)27-30-26-22)24(16-3-8-19(28)9-4-16)17-5-10-20(11-6-17)29-14-13-25/h3-12,15,28H,2,13-14H2,1H3. The van der Waals surface area contributed by atoms with Crippen LogP contribution in [0.15, 0.2) is 66.7 Å². The maximum absolute atomic E-state index is 9.78. The number of phenols is 1. The van der Waals surface area contributed by atoms with E-state index in [0.717, 1.165) is 45.5 Å². The molecule has 0 atom stereocenters. The fraction of sp³-hybridized carbons (Fsp3) is 0.167. The Morgan fingerprint density at radius 2 is 1.53 bits per heavy atom. The monoisotopic (exact) mass is 436 g/mol. The normalized spacial score (nSPS) is 12.1. The molecule has 0 unspecified atom stereocenters. The fourth-order valence-electron chi connectivity index (χ4n) is 3.51. The van der Waals surface area contributed by atoms with Gasteiger partial charge in [0, 0.05) is 0 Å². The summed E-state index contributed by atoms with van der Waals surface area (Å²) in [6, 6.07) is 21.6. The number of nitrogens with zero attached hydrogens (tertiary/aromatic N) is 2. The zero-order valence-electron chi connectivity index (χ0n) is 16.5. The summed E-state index contributed by atoms with van der Waals surface area (Å²) in [5.74, 6) is 1.49. The van der Waals surface area contributed by atoms with Gasteiger partial charge in [-0.05, 0) is 70.7 Å². The molecular formula is C24H21ClN2O2S. The van der Waals surface area contributed by atoms with Gasteiger partial charge >= 0.3 is 0 Å². The molecule has 1 aromatic heterocycles. The third-order valence-electron chi connectivity index (χ3n) is 4.90. The van der Waals surface area contributed by atoms with Crippen LogP contribution in [-0.4, -0.2) is 26.3 Å². The first-order chi connectivity index (χ1) is 14.7. The summed E-state index contributed by atoms with van der Waals surface area (Å²) in [6.45, 7) is 2.63. The lowest BCUT2D eigenvalue weighted by Gasteiger charge is -2.17. The van der Waals surface area contributed by atoms with Crippen LogP contribution in [0.1, 0.15) is 30.0 Å². The van der Waals surface area contributed by atoms with Crippen molar-refractivity contribution in [2.24, 2.45) is 0 Å². The molecule has 0 saturated carbocycles. The number of hydrogen-bond acceptors (Lipinski definition) is 5. The highest BCUT2D eigenvalue weighted by molar-refractivity contribution is 7.00. The molecule has 0 bridgehead atoms. The van der Waals surface area contributed by atoms with Gasteiger partial charge < -0.3 is 9.84 Å². The molecule has 0 amide bonds. The van der Waals surface area contributed by atoms with E-state index in [9.17, 15) is 5.11 Å². The molecule has 6 heteroatoms. The second-order valence-corrected chi connectivity index (χ2v) is 7.69. The number of aromatic hydroxyl groups is 1. The number of allylic oxidation sites excluding steroid dienone is 1. The van der Waals surface area contributed by atoms with Crippen LogP contribution in [-0.2, 0) is 0 Å². The maximum Gasteiger partial charge on any atom is 0.119 e. The van der Waals surface area contributed by atoms with E-state index >= 15 is 0 Å². The van der Waals surface area contributed by atoms with Crippen molar-refractivity contribution in [3.05, 3.63) is 83.4 Å². The molecular weight excluding hydrogens is 416 g/mol. The molecule has 1 N–H and O–H groups in total. The Morgan fingerprint density at radius 1 is 0.900 bits per heavy atom. The van der Waals surface area contributed by atoms with Crippen molar-refractivity contribution in [3.8, 4) is 11.5 Å². The lowest BCUT2D eigenvalue weighted by molar-refractivity contribution is 0.343. The van der Waals surface area contributed by atoms with Crippen molar-refractivity contribution in [1.82, 2.24) is 8.75 Å². The smallest absolute Gasteiger partial charge is 0.119 e. The molecule has 0 aliphatic heterocycles. The van der Waals surface area contributed by atoms with E-state index in [1.165, 1.54) is 17.3 Å². The summed E-state index contributed by atoms with van der Waals surface area (Å²) in [5, 5.41) is 9.78. The summed E-state index contributed by atoms with van der Waals surface area (Å²) in [6.07, 6.45) is 0.837. The van der Waals surface area contributed by atoms with Crippen molar-refractivity contribution in [2.45, 2.75) is 13.3 Å². The van der Waals surface area contributed by atoms with Gasteiger partial charge in [-0.1, -0.05) is 37.3 Å². The number of aromatic nitrogens is 2. The zero-order chi connectivity index (χ0) is 20.9. The first kappa shape index (κ1) is 20.4. The molecule has 4 rings (SSSR count). The van der Waals surface area contributed by atoms with E-state index in [-0.39, 0.29) is 5.75 Å². The Bertz CT molecular complexity index is 1170. The van der Waals surface area contributed by atoms with E-state index in [0.29, 0.717) is 12.5 Å². The molecule has 3 aromatic carbocycles. The highest BCUT2D eigenvalue weighted by Gasteiger charge is 2.14. The Morgan fingerprint density at radius 3 is 2.20 bits per heavy atom. The molecule has 0 saturated heterocycles.